The van der Waals surface area contributed by atoms with Crippen LogP contribution in [0.1, 0.15) is 5.56 Å². The van der Waals surface area contributed by atoms with Crippen molar-refractivity contribution in [2.75, 3.05) is 0 Å². The number of halogens is 1. The van der Waals surface area contributed by atoms with Crippen molar-refractivity contribution in [1.82, 2.24) is 14.8 Å². The summed E-state index contributed by atoms with van der Waals surface area (Å²) in [5.41, 5.74) is 5.02. The second kappa shape index (κ2) is 5.14. The zero-order valence-electron chi connectivity index (χ0n) is 9.79. The third kappa shape index (κ3) is 2.45. The Morgan fingerprint density at radius 3 is 2.95 bits per heavy atom. The predicted molar refractivity (Wildman–Crippen MR) is 66.9 cm³/mol. The molecule has 100 valence electrons. The molecule has 1 heterocycles. The van der Waals surface area contributed by atoms with Crippen molar-refractivity contribution in [3.05, 3.63) is 40.1 Å². The van der Waals surface area contributed by atoms with Crippen LogP contribution in [0.5, 0.6) is 0 Å². The number of benzene rings is 1. The van der Waals surface area contributed by atoms with Gasteiger partial charge in [0.1, 0.15) is 5.82 Å². The first-order chi connectivity index (χ1) is 9.04. The maximum absolute atomic E-state index is 13.7. The predicted octanol–water partition coefficient (Wildman–Crippen LogP) is 0.493. The van der Waals surface area contributed by atoms with Gasteiger partial charge < -0.3 is 10.9 Å². The molecule has 0 fully saturated rings. The van der Waals surface area contributed by atoms with Crippen molar-refractivity contribution < 1.29 is 9.60 Å². The molecule has 9 heteroatoms. The molecule has 0 atom stereocenters. The maximum Gasteiger partial charge on any atom is 0.343 e. The monoisotopic (exact) mass is 283 g/mol. The van der Waals surface area contributed by atoms with E-state index in [0.29, 0.717) is 10.1 Å². The van der Waals surface area contributed by atoms with E-state index in [1.807, 2.05) is 0 Å². The summed E-state index contributed by atoms with van der Waals surface area (Å²) in [4.78, 5) is 11.6. The number of nitrogens with two attached hydrogens (primary N) is 1. The lowest BCUT2D eigenvalue weighted by molar-refractivity contribution is 0.318. The van der Waals surface area contributed by atoms with Crippen LogP contribution in [0, 0.1) is 5.82 Å². The number of hydrogen-bond acceptors (Lipinski definition) is 5. The van der Waals surface area contributed by atoms with Crippen molar-refractivity contribution in [2.45, 2.75) is 10.1 Å². The molecule has 0 radical (unpaired) electrons. The van der Waals surface area contributed by atoms with E-state index in [1.165, 1.54) is 23.7 Å². The Bertz CT molecular complexity index is 693. The van der Waals surface area contributed by atoms with Crippen molar-refractivity contribution in [3.8, 4) is 0 Å². The normalized spacial score (nSPS) is 11.8. The quantitative estimate of drug-likeness (QED) is 0.329. The topological polar surface area (TPSA) is 109 Å². The third-order valence-corrected chi connectivity index (χ3v) is 3.49. The van der Waals surface area contributed by atoms with Gasteiger partial charge in [-0.3, -0.25) is 4.57 Å². The third-order valence-electron chi connectivity index (χ3n) is 2.38. The highest BCUT2D eigenvalue weighted by molar-refractivity contribution is 7.99. The molecule has 0 unspecified atom stereocenters. The molecule has 2 aromatic rings. The van der Waals surface area contributed by atoms with Crippen LogP contribution in [0.3, 0.4) is 0 Å². The van der Waals surface area contributed by atoms with Gasteiger partial charge in [-0.05, 0) is 23.9 Å². The zero-order chi connectivity index (χ0) is 14.0. The summed E-state index contributed by atoms with van der Waals surface area (Å²) in [5, 5.41) is 17.9. The number of rotatable bonds is 3. The average molecular weight is 283 g/mol. The fourth-order valence-corrected chi connectivity index (χ4v) is 2.37. The second-order valence-corrected chi connectivity index (χ2v) is 4.58. The number of aromatic nitrogens is 3. The molecule has 4 N–H and O–H groups in total. The molecular weight excluding hydrogens is 273 g/mol. The number of oxime groups is 1. The van der Waals surface area contributed by atoms with Gasteiger partial charge in [0.15, 0.2) is 11.0 Å². The molecule has 0 bridgehead atoms. The fourth-order valence-electron chi connectivity index (χ4n) is 1.41. The lowest BCUT2D eigenvalue weighted by Crippen LogP contribution is -2.16. The Morgan fingerprint density at radius 1 is 1.63 bits per heavy atom. The molecule has 1 aromatic carbocycles. The average Bonchev–Trinajstić information content (AvgIpc) is 2.70. The van der Waals surface area contributed by atoms with E-state index in [0.717, 1.165) is 11.8 Å². The number of aromatic amines is 1. The molecule has 0 saturated carbocycles. The van der Waals surface area contributed by atoms with Gasteiger partial charge in [0.25, 0.3) is 0 Å². The van der Waals surface area contributed by atoms with Gasteiger partial charge in [-0.15, -0.1) is 5.10 Å². The van der Waals surface area contributed by atoms with E-state index in [-0.39, 0.29) is 17.1 Å². The van der Waals surface area contributed by atoms with E-state index in [4.69, 9.17) is 10.9 Å². The van der Waals surface area contributed by atoms with E-state index < -0.39 is 5.82 Å². The van der Waals surface area contributed by atoms with E-state index in [2.05, 4.69) is 15.4 Å². The molecule has 19 heavy (non-hydrogen) atoms. The first-order valence-electron chi connectivity index (χ1n) is 5.10. The number of H-pyrrole nitrogens is 1. The Morgan fingerprint density at radius 2 is 2.37 bits per heavy atom. The molecule has 0 saturated heterocycles. The van der Waals surface area contributed by atoms with E-state index >= 15 is 0 Å². The van der Waals surface area contributed by atoms with E-state index in [1.54, 1.807) is 6.07 Å². The molecule has 0 amide bonds. The Labute approximate surface area is 110 Å². The number of nitrogens with zero attached hydrogens (tertiary/aromatic N) is 3. The van der Waals surface area contributed by atoms with Crippen LogP contribution in [0.2, 0.25) is 0 Å². The van der Waals surface area contributed by atoms with Crippen LogP contribution in [0.15, 0.2) is 38.2 Å². The van der Waals surface area contributed by atoms with Crippen molar-refractivity contribution >= 4 is 17.6 Å². The molecule has 2 rings (SSSR count). The lowest BCUT2D eigenvalue weighted by Gasteiger charge is -2.07. The summed E-state index contributed by atoms with van der Waals surface area (Å²) >= 11 is 1.03. The smallest absolute Gasteiger partial charge is 0.343 e. The van der Waals surface area contributed by atoms with Crippen LogP contribution in [0.25, 0.3) is 0 Å². The standard InChI is InChI=1S/C10H10FN5O2S/c1-16-9(17)13-14-10(16)19-6-4-2-3-5(11)7(6)8(12)15-18/h2-4,18H,1H3,(H2,12,15)(H,13,17). The summed E-state index contributed by atoms with van der Waals surface area (Å²) in [6.45, 7) is 0. The van der Waals surface area contributed by atoms with Crippen LogP contribution in [-0.4, -0.2) is 25.8 Å². The van der Waals surface area contributed by atoms with Crippen LogP contribution >= 0.6 is 11.8 Å². The SMILES string of the molecule is Cn1c(Sc2cccc(F)c2C(N)=NO)n[nH]c1=O. The van der Waals surface area contributed by atoms with Crippen molar-refractivity contribution in [1.29, 1.82) is 0 Å². The Kier molecular flexibility index (Phi) is 3.56. The van der Waals surface area contributed by atoms with Gasteiger partial charge >= 0.3 is 5.69 Å². The van der Waals surface area contributed by atoms with Gasteiger partial charge in [0.2, 0.25) is 0 Å². The summed E-state index contributed by atoms with van der Waals surface area (Å²) in [6, 6.07) is 4.26. The molecule has 7 nitrogen and oxygen atoms in total. The van der Waals surface area contributed by atoms with Gasteiger partial charge in [0, 0.05) is 11.9 Å². The lowest BCUT2D eigenvalue weighted by atomic mass is 10.2. The fraction of sp³-hybridized carbons (Fsp3) is 0.100. The summed E-state index contributed by atoms with van der Waals surface area (Å²) < 4.78 is 15.0. The van der Waals surface area contributed by atoms with Gasteiger partial charge in [0.05, 0.1) is 5.56 Å². The molecule has 1 aromatic heterocycles. The van der Waals surface area contributed by atoms with E-state index in [9.17, 15) is 9.18 Å². The number of nitrogens with one attached hydrogen (secondary N) is 1. The van der Waals surface area contributed by atoms with Gasteiger partial charge in [-0.25, -0.2) is 14.3 Å². The van der Waals surface area contributed by atoms with Crippen LogP contribution in [-0.2, 0) is 7.05 Å². The number of amidine groups is 1. The molecular formula is C10H10FN5O2S. The highest BCUT2D eigenvalue weighted by Crippen LogP contribution is 2.29. The van der Waals surface area contributed by atoms with Crippen molar-refractivity contribution in [2.24, 2.45) is 17.9 Å². The first kappa shape index (κ1) is 13.1. The van der Waals surface area contributed by atoms with Crippen LogP contribution < -0.4 is 11.4 Å². The Hall–Kier alpha value is -2.29. The minimum atomic E-state index is -0.624. The molecule has 0 spiro atoms. The van der Waals surface area contributed by atoms with Crippen LogP contribution in [0.4, 0.5) is 4.39 Å². The number of hydrogen-bond donors (Lipinski definition) is 3. The minimum Gasteiger partial charge on any atom is -0.409 e. The highest BCUT2D eigenvalue weighted by Gasteiger charge is 2.16. The maximum atomic E-state index is 13.7. The summed E-state index contributed by atoms with van der Waals surface area (Å²) in [6.07, 6.45) is 0. The van der Waals surface area contributed by atoms with Crippen molar-refractivity contribution in [3.63, 3.8) is 0 Å². The summed E-state index contributed by atoms with van der Waals surface area (Å²) in [7, 11) is 1.52. The molecule has 0 aliphatic carbocycles. The second-order valence-electron chi connectivity index (χ2n) is 3.57. The highest BCUT2D eigenvalue weighted by atomic mass is 32.2. The Balaban J connectivity index is 2.49. The minimum absolute atomic E-state index is 0.0366. The zero-order valence-corrected chi connectivity index (χ0v) is 10.6. The van der Waals surface area contributed by atoms with Gasteiger partial charge in [-0.2, -0.15) is 0 Å². The molecule has 0 aliphatic heterocycles. The molecule has 0 aliphatic rings. The first-order valence-corrected chi connectivity index (χ1v) is 5.92. The largest absolute Gasteiger partial charge is 0.409 e. The van der Waals surface area contributed by atoms with Gasteiger partial charge in [-0.1, -0.05) is 11.2 Å². The summed E-state index contributed by atoms with van der Waals surface area (Å²) in [5.74, 6) is -0.970.